The van der Waals surface area contributed by atoms with Crippen LogP contribution in [-0.4, -0.2) is 32.8 Å². The van der Waals surface area contributed by atoms with Crippen molar-refractivity contribution >= 4 is 12.0 Å². The Balaban J connectivity index is 1.57. The molecule has 0 fully saturated rings. The molecule has 0 saturated carbocycles. The van der Waals surface area contributed by atoms with Gasteiger partial charge >= 0.3 is 0 Å². The highest BCUT2D eigenvalue weighted by Crippen LogP contribution is 2.07. The van der Waals surface area contributed by atoms with Crippen LogP contribution in [0.15, 0.2) is 66.9 Å². The van der Waals surface area contributed by atoms with Gasteiger partial charge in [0.05, 0.1) is 12.7 Å². The van der Waals surface area contributed by atoms with Gasteiger partial charge in [-0.3, -0.25) is 4.79 Å². The van der Waals surface area contributed by atoms with Crippen LogP contribution in [0.5, 0.6) is 0 Å². The number of carbonyl (C=O) groups is 1. The van der Waals surface area contributed by atoms with E-state index >= 15 is 0 Å². The molecule has 1 heterocycles. The lowest BCUT2D eigenvalue weighted by atomic mass is 10.1. The summed E-state index contributed by atoms with van der Waals surface area (Å²) in [5.74, 6) is -0.0665. The summed E-state index contributed by atoms with van der Waals surface area (Å²) in [5.41, 5.74) is 4.13. The van der Waals surface area contributed by atoms with Crippen molar-refractivity contribution in [3.8, 4) is 0 Å². The Hall–Kier alpha value is -3.21. The molecule has 132 valence electrons. The summed E-state index contributed by atoms with van der Waals surface area (Å²) in [4.78, 5) is 13.9. The summed E-state index contributed by atoms with van der Waals surface area (Å²) in [6.07, 6.45) is 5.06. The van der Waals surface area contributed by atoms with Gasteiger partial charge < -0.3 is 4.90 Å². The molecule has 0 saturated heterocycles. The van der Waals surface area contributed by atoms with E-state index in [4.69, 9.17) is 0 Å². The monoisotopic (exact) mass is 346 g/mol. The maximum atomic E-state index is 12.3. The molecule has 1 amide bonds. The SMILES string of the molecule is Cc1ccc(CN(C)C(=O)C=Cc2cn(Cc3ccccc3)nn2)cc1. The molecule has 3 aromatic rings. The highest BCUT2D eigenvalue weighted by molar-refractivity contribution is 5.91. The minimum Gasteiger partial charge on any atom is -0.338 e. The van der Waals surface area contributed by atoms with E-state index < -0.39 is 0 Å². The van der Waals surface area contributed by atoms with Crippen LogP contribution in [0.4, 0.5) is 0 Å². The summed E-state index contributed by atoms with van der Waals surface area (Å²) in [5, 5.41) is 8.19. The van der Waals surface area contributed by atoms with Gasteiger partial charge in [0.15, 0.2) is 0 Å². The summed E-state index contributed by atoms with van der Waals surface area (Å²) >= 11 is 0. The third-order valence-electron chi connectivity index (χ3n) is 4.06. The molecular weight excluding hydrogens is 324 g/mol. The van der Waals surface area contributed by atoms with Gasteiger partial charge in [-0.1, -0.05) is 65.4 Å². The van der Waals surface area contributed by atoms with Crippen molar-refractivity contribution in [1.82, 2.24) is 19.9 Å². The first-order valence-electron chi connectivity index (χ1n) is 8.53. The predicted molar refractivity (Wildman–Crippen MR) is 102 cm³/mol. The van der Waals surface area contributed by atoms with E-state index in [-0.39, 0.29) is 5.91 Å². The number of hydrogen-bond donors (Lipinski definition) is 0. The molecule has 0 N–H and O–H groups in total. The molecule has 0 bridgehead atoms. The summed E-state index contributed by atoms with van der Waals surface area (Å²) in [6, 6.07) is 18.2. The lowest BCUT2D eigenvalue weighted by molar-refractivity contribution is -0.125. The van der Waals surface area contributed by atoms with Crippen LogP contribution in [0.3, 0.4) is 0 Å². The highest BCUT2D eigenvalue weighted by atomic mass is 16.2. The zero-order valence-electron chi connectivity index (χ0n) is 15.0. The van der Waals surface area contributed by atoms with E-state index in [9.17, 15) is 4.79 Å². The molecule has 0 aliphatic heterocycles. The van der Waals surface area contributed by atoms with Crippen molar-refractivity contribution in [3.63, 3.8) is 0 Å². The fourth-order valence-electron chi connectivity index (χ4n) is 2.57. The zero-order chi connectivity index (χ0) is 18.4. The number of aryl methyl sites for hydroxylation is 1. The molecule has 0 atom stereocenters. The smallest absolute Gasteiger partial charge is 0.246 e. The van der Waals surface area contributed by atoms with E-state index in [0.29, 0.717) is 18.8 Å². The fraction of sp³-hybridized carbons (Fsp3) is 0.190. The molecule has 0 radical (unpaired) electrons. The third kappa shape index (κ3) is 4.89. The van der Waals surface area contributed by atoms with Crippen molar-refractivity contribution in [3.05, 3.63) is 89.3 Å². The van der Waals surface area contributed by atoms with Gasteiger partial charge in [0, 0.05) is 19.7 Å². The Kier molecular flexibility index (Phi) is 5.59. The number of hydrogen-bond acceptors (Lipinski definition) is 3. The van der Waals surface area contributed by atoms with Crippen molar-refractivity contribution in [2.45, 2.75) is 20.0 Å². The quantitative estimate of drug-likeness (QED) is 0.644. The van der Waals surface area contributed by atoms with Crippen LogP contribution >= 0.6 is 0 Å². The second-order valence-corrected chi connectivity index (χ2v) is 6.34. The molecule has 5 nitrogen and oxygen atoms in total. The van der Waals surface area contributed by atoms with Gasteiger partial charge in [0.25, 0.3) is 0 Å². The number of amides is 1. The Labute approximate surface area is 153 Å². The fourth-order valence-corrected chi connectivity index (χ4v) is 2.57. The molecule has 3 rings (SSSR count). The first-order chi connectivity index (χ1) is 12.6. The third-order valence-corrected chi connectivity index (χ3v) is 4.06. The second-order valence-electron chi connectivity index (χ2n) is 6.34. The molecule has 1 aromatic heterocycles. The maximum Gasteiger partial charge on any atom is 0.246 e. The Morgan fingerprint density at radius 2 is 1.81 bits per heavy atom. The summed E-state index contributed by atoms with van der Waals surface area (Å²) in [6.45, 7) is 3.28. The molecule has 0 unspecified atom stereocenters. The Morgan fingerprint density at radius 3 is 2.54 bits per heavy atom. The van der Waals surface area contributed by atoms with Crippen molar-refractivity contribution < 1.29 is 4.79 Å². The topological polar surface area (TPSA) is 51.0 Å². The number of benzene rings is 2. The number of aromatic nitrogens is 3. The Morgan fingerprint density at radius 1 is 1.08 bits per heavy atom. The van der Waals surface area contributed by atoms with Crippen LogP contribution in [0, 0.1) is 6.92 Å². The standard InChI is InChI=1S/C21H22N4O/c1-17-8-10-19(11-9-17)14-24(2)21(26)13-12-20-16-25(23-22-20)15-18-6-4-3-5-7-18/h3-13,16H,14-15H2,1-2H3. The molecule has 0 aliphatic rings. The average molecular weight is 346 g/mol. The molecule has 0 spiro atoms. The molecule has 26 heavy (non-hydrogen) atoms. The second kappa shape index (κ2) is 8.25. The zero-order valence-corrected chi connectivity index (χ0v) is 15.0. The minimum absolute atomic E-state index is 0.0665. The first kappa shape index (κ1) is 17.6. The molecular formula is C21H22N4O. The maximum absolute atomic E-state index is 12.3. The van der Waals surface area contributed by atoms with Crippen LogP contribution in [0.25, 0.3) is 6.08 Å². The lowest BCUT2D eigenvalue weighted by Gasteiger charge is -2.15. The minimum atomic E-state index is -0.0665. The number of rotatable bonds is 6. The van der Waals surface area contributed by atoms with Crippen molar-refractivity contribution in [2.75, 3.05) is 7.05 Å². The average Bonchev–Trinajstić information content (AvgIpc) is 3.09. The van der Waals surface area contributed by atoms with Gasteiger partial charge in [0.2, 0.25) is 5.91 Å². The molecule has 5 heteroatoms. The summed E-state index contributed by atoms with van der Waals surface area (Å²) < 4.78 is 1.76. The lowest BCUT2D eigenvalue weighted by Crippen LogP contribution is -2.24. The predicted octanol–water partition coefficient (Wildman–Crippen LogP) is 3.31. The molecule has 0 aliphatic carbocycles. The van der Waals surface area contributed by atoms with E-state index in [1.54, 1.807) is 22.7 Å². The van der Waals surface area contributed by atoms with E-state index in [2.05, 4.69) is 22.4 Å². The van der Waals surface area contributed by atoms with Crippen LogP contribution in [0.2, 0.25) is 0 Å². The van der Waals surface area contributed by atoms with Crippen LogP contribution < -0.4 is 0 Å². The first-order valence-corrected chi connectivity index (χ1v) is 8.53. The van der Waals surface area contributed by atoms with Gasteiger partial charge in [-0.15, -0.1) is 5.10 Å². The van der Waals surface area contributed by atoms with Crippen LogP contribution in [-0.2, 0) is 17.9 Å². The van der Waals surface area contributed by atoms with E-state index in [1.165, 1.54) is 11.6 Å². The van der Waals surface area contributed by atoms with Gasteiger partial charge in [-0.25, -0.2) is 4.68 Å². The van der Waals surface area contributed by atoms with E-state index in [1.807, 2.05) is 55.6 Å². The number of nitrogens with zero attached hydrogens (tertiary/aromatic N) is 4. The van der Waals surface area contributed by atoms with Gasteiger partial charge in [0.1, 0.15) is 5.69 Å². The molecule has 2 aromatic carbocycles. The number of carbonyl (C=O) groups excluding carboxylic acids is 1. The Bertz CT molecular complexity index is 882. The number of likely N-dealkylation sites (N-methyl/N-ethyl adjacent to an activating group) is 1. The normalized spacial score (nSPS) is 11.0. The summed E-state index contributed by atoms with van der Waals surface area (Å²) in [7, 11) is 1.79. The van der Waals surface area contributed by atoms with E-state index in [0.717, 1.165) is 11.1 Å². The largest absolute Gasteiger partial charge is 0.338 e. The van der Waals surface area contributed by atoms with Crippen molar-refractivity contribution in [1.29, 1.82) is 0 Å². The van der Waals surface area contributed by atoms with Crippen LogP contribution in [0.1, 0.15) is 22.4 Å². The van der Waals surface area contributed by atoms with Gasteiger partial charge in [-0.05, 0) is 24.1 Å². The van der Waals surface area contributed by atoms with Crippen molar-refractivity contribution in [2.24, 2.45) is 0 Å². The highest BCUT2D eigenvalue weighted by Gasteiger charge is 2.06. The van der Waals surface area contributed by atoms with Gasteiger partial charge in [-0.2, -0.15) is 0 Å².